The lowest BCUT2D eigenvalue weighted by Gasteiger charge is -2.30. The van der Waals surface area contributed by atoms with E-state index >= 15 is 0 Å². The molecule has 1 saturated carbocycles. The Bertz CT molecular complexity index is 1130. The SMILES string of the molecule is Cc1cc(-c2nnc(NC3CC(O)C3)o2)nc2c(C(C)(C)C)cc(NCC(F)(F)F)cc12. The summed E-state index contributed by atoms with van der Waals surface area (Å²) in [5.74, 6) is 0.247. The summed E-state index contributed by atoms with van der Waals surface area (Å²) < 4.78 is 43.9. The van der Waals surface area contributed by atoms with Crippen LogP contribution in [-0.4, -0.2) is 45.2 Å². The zero-order valence-electron chi connectivity index (χ0n) is 18.3. The number of halogens is 3. The first-order chi connectivity index (χ1) is 14.9. The van der Waals surface area contributed by atoms with E-state index in [-0.39, 0.29) is 29.5 Å². The summed E-state index contributed by atoms with van der Waals surface area (Å²) in [6, 6.07) is 5.55. The van der Waals surface area contributed by atoms with Crippen LogP contribution in [0.2, 0.25) is 0 Å². The molecule has 4 rings (SSSR count). The molecule has 0 spiro atoms. The van der Waals surface area contributed by atoms with E-state index in [0.717, 1.165) is 16.5 Å². The predicted molar refractivity (Wildman–Crippen MR) is 116 cm³/mol. The fourth-order valence-electron chi connectivity index (χ4n) is 3.74. The molecule has 0 aliphatic heterocycles. The number of alkyl halides is 3. The Labute approximate surface area is 183 Å². The van der Waals surface area contributed by atoms with E-state index in [4.69, 9.17) is 9.40 Å². The van der Waals surface area contributed by atoms with Crippen LogP contribution in [0.25, 0.3) is 22.5 Å². The third-order valence-electron chi connectivity index (χ3n) is 5.51. The van der Waals surface area contributed by atoms with Crippen LogP contribution in [0.3, 0.4) is 0 Å². The highest BCUT2D eigenvalue weighted by Gasteiger charge is 2.29. The van der Waals surface area contributed by atoms with Crippen molar-refractivity contribution in [2.75, 3.05) is 17.2 Å². The molecule has 1 aromatic carbocycles. The topological polar surface area (TPSA) is 96.1 Å². The maximum absolute atomic E-state index is 12.7. The van der Waals surface area contributed by atoms with Crippen LogP contribution in [0.5, 0.6) is 0 Å². The lowest BCUT2D eigenvalue weighted by Crippen LogP contribution is -2.39. The van der Waals surface area contributed by atoms with Crippen LogP contribution in [-0.2, 0) is 5.41 Å². The van der Waals surface area contributed by atoms with E-state index in [1.54, 1.807) is 18.2 Å². The van der Waals surface area contributed by atoms with E-state index in [2.05, 4.69) is 20.8 Å². The van der Waals surface area contributed by atoms with Crippen LogP contribution in [0.15, 0.2) is 22.6 Å². The minimum atomic E-state index is -4.31. The van der Waals surface area contributed by atoms with Crippen molar-refractivity contribution in [1.29, 1.82) is 0 Å². The van der Waals surface area contributed by atoms with E-state index < -0.39 is 12.7 Å². The number of aryl methyl sites for hydroxylation is 1. The predicted octanol–water partition coefficient (Wildman–Crippen LogP) is 4.80. The number of pyridine rings is 1. The van der Waals surface area contributed by atoms with Crippen molar-refractivity contribution >= 4 is 22.6 Å². The van der Waals surface area contributed by atoms with Gasteiger partial charge in [-0.25, -0.2) is 4.98 Å². The number of hydrogen-bond donors (Lipinski definition) is 3. The van der Waals surface area contributed by atoms with Crippen LogP contribution in [0, 0.1) is 6.92 Å². The first kappa shape index (κ1) is 22.3. The number of aliphatic hydroxyl groups is 1. The van der Waals surface area contributed by atoms with Gasteiger partial charge < -0.3 is 20.2 Å². The van der Waals surface area contributed by atoms with Gasteiger partial charge in [0, 0.05) is 17.1 Å². The summed E-state index contributed by atoms with van der Waals surface area (Å²) in [6.45, 7) is 6.73. The van der Waals surface area contributed by atoms with Crippen molar-refractivity contribution in [3.63, 3.8) is 0 Å². The molecule has 32 heavy (non-hydrogen) atoms. The van der Waals surface area contributed by atoms with Gasteiger partial charge in [0.25, 0.3) is 5.89 Å². The van der Waals surface area contributed by atoms with Gasteiger partial charge in [-0.15, -0.1) is 5.10 Å². The third kappa shape index (κ3) is 4.79. The van der Waals surface area contributed by atoms with Gasteiger partial charge in [-0.2, -0.15) is 13.2 Å². The lowest BCUT2D eigenvalue weighted by molar-refractivity contribution is -0.115. The quantitative estimate of drug-likeness (QED) is 0.515. The molecule has 0 bridgehead atoms. The minimum absolute atomic E-state index is 0.0970. The molecule has 3 N–H and O–H groups in total. The second-order valence-corrected chi connectivity index (χ2v) is 9.34. The average molecular weight is 449 g/mol. The number of aromatic nitrogens is 3. The Kier molecular flexibility index (Phi) is 5.52. The number of anilines is 2. The first-order valence-electron chi connectivity index (χ1n) is 10.4. The van der Waals surface area contributed by atoms with Gasteiger partial charge >= 0.3 is 12.2 Å². The standard InChI is InChI=1S/C22H26F3N5O2/c1-11-5-17(19-29-30-20(32-19)27-13-6-14(31)7-13)28-18-15(11)8-12(26-10-22(23,24)25)9-16(18)21(2,3)4/h5,8-9,13-14,26,31H,6-7,10H2,1-4H3,(H,27,30). The monoisotopic (exact) mass is 449 g/mol. The summed E-state index contributed by atoms with van der Waals surface area (Å²) in [5, 5.41) is 23.9. The second-order valence-electron chi connectivity index (χ2n) is 9.34. The zero-order valence-corrected chi connectivity index (χ0v) is 18.3. The summed E-state index contributed by atoms with van der Waals surface area (Å²) in [5.41, 5.74) is 2.85. The van der Waals surface area contributed by atoms with Gasteiger partial charge in [0.05, 0.1) is 11.6 Å². The Balaban J connectivity index is 1.71. The Hall–Kier alpha value is -2.88. The molecule has 0 atom stereocenters. The molecular weight excluding hydrogens is 423 g/mol. The Morgan fingerprint density at radius 3 is 2.47 bits per heavy atom. The fourth-order valence-corrected chi connectivity index (χ4v) is 3.74. The third-order valence-corrected chi connectivity index (χ3v) is 5.51. The minimum Gasteiger partial charge on any atom is -0.402 e. The first-order valence-corrected chi connectivity index (χ1v) is 10.4. The molecule has 2 aromatic heterocycles. The van der Waals surface area contributed by atoms with Crippen LogP contribution in [0.4, 0.5) is 24.9 Å². The molecule has 3 aromatic rings. The maximum atomic E-state index is 12.7. The van der Waals surface area contributed by atoms with Crippen LogP contribution in [0.1, 0.15) is 44.7 Å². The fraction of sp³-hybridized carbons (Fsp3) is 0.500. The molecule has 0 radical (unpaired) electrons. The number of benzene rings is 1. The number of rotatable bonds is 5. The highest BCUT2D eigenvalue weighted by atomic mass is 19.4. The Morgan fingerprint density at radius 1 is 1.12 bits per heavy atom. The highest BCUT2D eigenvalue weighted by molar-refractivity contribution is 5.90. The molecule has 1 fully saturated rings. The van der Waals surface area contributed by atoms with Gasteiger partial charge in [-0.3, -0.25) is 0 Å². The van der Waals surface area contributed by atoms with Crippen molar-refractivity contribution in [1.82, 2.24) is 15.2 Å². The lowest BCUT2D eigenvalue weighted by atomic mass is 9.84. The molecule has 1 aliphatic rings. The summed E-state index contributed by atoms with van der Waals surface area (Å²) in [7, 11) is 0. The van der Waals surface area contributed by atoms with Crippen LogP contribution < -0.4 is 10.6 Å². The van der Waals surface area contributed by atoms with E-state index in [1.807, 2.05) is 27.7 Å². The molecule has 7 nitrogen and oxygen atoms in total. The van der Waals surface area contributed by atoms with Gasteiger partial charge in [0.15, 0.2) is 0 Å². The number of aliphatic hydroxyl groups excluding tert-OH is 1. The molecule has 1 aliphatic carbocycles. The second kappa shape index (κ2) is 7.91. The largest absolute Gasteiger partial charge is 0.405 e. The number of fused-ring (bicyclic) bond motifs is 1. The van der Waals surface area contributed by atoms with Crippen molar-refractivity contribution < 1.29 is 22.7 Å². The van der Waals surface area contributed by atoms with Crippen molar-refractivity contribution in [3.8, 4) is 11.6 Å². The average Bonchev–Trinajstić information content (AvgIpc) is 3.12. The zero-order chi connectivity index (χ0) is 23.3. The van der Waals surface area contributed by atoms with Crippen molar-refractivity contribution in [2.24, 2.45) is 0 Å². The number of hydrogen-bond acceptors (Lipinski definition) is 7. The van der Waals surface area contributed by atoms with Crippen molar-refractivity contribution in [2.45, 2.75) is 64.3 Å². The number of nitrogens with zero attached hydrogens (tertiary/aromatic N) is 3. The van der Waals surface area contributed by atoms with Gasteiger partial charge in [0.1, 0.15) is 12.2 Å². The molecular formula is C22H26F3N5O2. The molecule has 0 unspecified atom stereocenters. The maximum Gasteiger partial charge on any atom is 0.405 e. The van der Waals surface area contributed by atoms with Gasteiger partial charge in [-0.05, 0) is 54.5 Å². The van der Waals surface area contributed by atoms with Crippen LogP contribution >= 0.6 is 0 Å². The van der Waals surface area contributed by atoms with Crippen molar-refractivity contribution in [3.05, 3.63) is 29.3 Å². The molecule has 0 amide bonds. The smallest absolute Gasteiger partial charge is 0.402 e. The van der Waals surface area contributed by atoms with E-state index in [1.165, 1.54) is 0 Å². The summed E-state index contributed by atoms with van der Waals surface area (Å²) in [6.07, 6.45) is -3.35. The molecule has 0 saturated heterocycles. The Morgan fingerprint density at radius 2 is 1.84 bits per heavy atom. The van der Waals surface area contributed by atoms with Gasteiger partial charge in [-0.1, -0.05) is 25.9 Å². The summed E-state index contributed by atoms with van der Waals surface area (Å²) >= 11 is 0. The molecule has 2 heterocycles. The molecule has 172 valence electrons. The normalized spacial score (nSPS) is 19.1. The van der Waals surface area contributed by atoms with E-state index in [0.29, 0.717) is 29.7 Å². The summed E-state index contributed by atoms with van der Waals surface area (Å²) in [4.78, 5) is 4.75. The number of nitrogens with one attached hydrogen (secondary N) is 2. The van der Waals surface area contributed by atoms with E-state index in [9.17, 15) is 18.3 Å². The molecule has 10 heteroatoms. The van der Waals surface area contributed by atoms with Gasteiger partial charge in [0.2, 0.25) is 0 Å². The highest BCUT2D eigenvalue weighted by Crippen LogP contribution is 2.36.